The number of aryl methyl sites for hydroxylation is 2. The molecule has 0 aromatic heterocycles. The Morgan fingerprint density at radius 1 is 1.07 bits per heavy atom. The maximum Gasteiger partial charge on any atom is 0.266 e. The minimum atomic E-state index is -0.0424. The Morgan fingerprint density at radius 3 is 2.48 bits per heavy atom. The van der Waals surface area contributed by atoms with Crippen molar-refractivity contribution in [2.75, 3.05) is 19.8 Å². The Hall–Kier alpha value is -2.31. The lowest BCUT2D eigenvalue weighted by atomic mass is 10.1. The van der Waals surface area contributed by atoms with Crippen LogP contribution in [-0.4, -0.2) is 34.9 Å². The standard InChI is InChI=1S/C23H25NO3S2/c1-4-24-22(25)21(29-23(24)28)15-18-8-5-6-9-20(18)27-13-7-12-26-19-11-10-16(2)14-17(19)3/h5-6,8-11,14-15H,4,7,12-13H2,1-3H3. The normalized spacial score (nSPS) is 15.3. The van der Waals surface area contributed by atoms with Gasteiger partial charge in [0, 0.05) is 18.5 Å². The van der Waals surface area contributed by atoms with Gasteiger partial charge < -0.3 is 9.47 Å². The Labute approximate surface area is 181 Å². The van der Waals surface area contributed by atoms with Gasteiger partial charge >= 0.3 is 0 Å². The van der Waals surface area contributed by atoms with Gasteiger partial charge in [0.2, 0.25) is 0 Å². The van der Waals surface area contributed by atoms with Crippen LogP contribution in [0.3, 0.4) is 0 Å². The summed E-state index contributed by atoms with van der Waals surface area (Å²) in [5.74, 6) is 1.62. The summed E-state index contributed by atoms with van der Waals surface area (Å²) in [5.41, 5.74) is 3.24. The first kappa shape index (κ1) is 21.4. The number of hydrogen-bond acceptors (Lipinski definition) is 5. The topological polar surface area (TPSA) is 38.8 Å². The zero-order valence-electron chi connectivity index (χ0n) is 16.9. The van der Waals surface area contributed by atoms with Crippen LogP contribution < -0.4 is 9.47 Å². The first-order valence-electron chi connectivity index (χ1n) is 9.67. The molecule has 1 aliphatic rings. The molecule has 0 bridgehead atoms. The summed E-state index contributed by atoms with van der Waals surface area (Å²) in [6.07, 6.45) is 2.62. The summed E-state index contributed by atoms with van der Waals surface area (Å²) in [6.45, 7) is 7.75. The number of rotatable bonds is 8. The summed E-state index contributed by atoms with van der Waals surface area (Å²) in [7, 11) is 0. The van der Waals surface area contributed by atoms with E-state index in [1.807, 2.05) is 43.3 Å². The lowest BCUT2D eigenvalue weighted by Gasteiger charge is -2.12. The molecule has 0 radical (unpaired) electrons. The van der Waals surface area contributed by atoms with E-state index in [0.29, 0.717) is 29.0 Å². The smallest absolute Gasteiger partial charge is 0.266 e. The Morgan fingerprint density at radius 2 is 1.79 bits per heavy atom. The van der Waals surface area contributed by atoms with Gasteiger partial charge in [-0.3, -0.25) is 9.69 Å². The summed E-state index contributed by atoms with van der Waals surface area (Å²) >= 11 is 6.62. The van der Waals surface area contributed by atoms with E-state index in [1.54, 1.807) is 4.90 Å². The van der Waals surface area contributed by atoms with Crippen LogP contribution in [0.15, 0.2) is 47.4 Å². The number of hydrogen-bond donors (Lipinski definition) is 0. The van der Waals surface area contributed by atoms with Crippen molar-refractivity contribution >= 4 is 40.3 Å². The van der Waals surface area contributed by atoms with E-state index < -0.39 is 0 Å². The highest BCUT2D eigenvalue weighted by Gasteiger charge is 2.30. The van der Waals surface area contributed by atoms with Crippen LogP contribution in [0, 0.1) is 13.8 Å². The van der Waals surface area contributed by atoms with Crippen LogP contribution in [0.4, 0.5) is 0 Å². The van der Waals surface area contributed by atoms with E-state index >= 15 is 0 Å². The maximum absolute atomic E-state index is 12.4. The number of benzene rings is 2. The molecule has 1 amide bonds. The molecule has 0 N–H and O–H groups in total. The quantitative estimate of drug-likeness (QED) is 0.322. The number of nitrogens with zero attached hydrogens (tertiary/aromatic N) is 1. The third-order valence-electron chi connectivity index (χ3n) is 4.53. The van der Waals surface area contributed by atoms with E-state index in [4.69, 9.17) is 21.7 Å². The van der Waals surface area contributed by atoms with Crippen LogP contribution in [0.25, 0.3) is 6.08 Å². The number of likely N-dealkylation sites (N-methyl/N-ethyl adjacent to an activating group) is 1. The number of ether oxygens (including phenoxy) is 2. The van der Waals surface area contributed by atoms with Crippen molar-refractivity contribution in [1.29, 1.82) is 0 Å². The second-order valence-corrected chi connectivity index (χ2v) is 8.46. The Kier molecular flexibility index (Phi) is 7.34. The fourth-order valence-corrected chi connectivity index (χ4v) is 4.40. The first-order valence-corrected chi connectivity index (χ1v) is 10.9. The molecule has 0 saturated carbocycles. The highest BCUT2D eigenvalue weighted by atomic mass is 32.2. The van der Waals surface area contributed by atoms with E-state index in [9.17, 15) is 4.79 Å². The molecule has 1 fully saturated rings. The molecule has 0 unspecified atom stereocenters. The molecule has 0 atom stereocenters. The van der Waals surface area contributed by atoms with Gasteiger partial charge in [0.1, 0.15) is 15.8 Å². The highest BCUT2D eigenvalue weighted by Crippen LogP contribution is 2.34. The largest absolute Gasteiger partial charge is 0.493 e. The number of thioether (sulfide) groups is 1. The molecule has 6 heteroatoms. The molecule has 0 spiro atoms. The average Bonchev–Trinajstić information content (AvgIpc) is 2.96. The van der Waals surface area contributed by atoms with Crippen LogP contribution >= 0.6 is 24.0 Å². The minimum Gasteiger partial charge on any atom is -0.493 e. The zero-order chi connectivity index (χ0) is 20.8. The van der Waals surface area contributed by atoms with Crippen molar-refractivity contribution < 1.29 is 14.3 Å². The van der Waals surface area contributed by atoms with Gasteiger partial charge in [0.05, 0.1) is 18.1 Å². The molecule has 1 saturated heterocycles. The van der Waals surface area contributed by atoms with Gasteiger partial charge in [0.15, 0.2) is 0 Å². The van der Waals surface area contributed by atoms with E-state index in [2.05, 4.69) is 26.0 Å². The van der Waals surface area contributed by atoms with E-state index in [-0.39, 0.29) is 5.91 Å². The van der Waals surface area contributed by atoms with Crippen molar-refractivity contribution in [2.24, 2.45) is 0 Å². The van der Waals surface area contributed by atoms with Crippen molar-refractivity contribution in [3.8, 4) is 11.5 Å². The molecule has 1 heterocycles. The number of carbonyl (C=O) groups is 1. The lowest BCUT2D eigenvalue weighted by Crippen LogP contribution is -2.27. The van der Waals surface area contributed by atoms with Crippen molar-refractivity contribution in [3.05, 3.63) is 64.1 Å². The fourth-order valence-electron chi connectivity index (χ4n) is 3.03. The van der Waals surface area contributed by atoms with Crippen LogP contribution in [0.2, 0.25) is 0 Å². The molecule has 1 aliphatic heterocycles. The summed E-state index contributed by atoms with van der Waals surface area (Å²) in [5, 5.41) is 0. The van der Waals surface area contributed by atoms with Crippen LogP contribution in [-0.2, 0) is 4.79 Å². The van der Waals surface area contributed by atoms with Gasteiger partial charge in [-0.1, -0.05) is 59.9 Å². The fraction of sp³-hybridized carbons (Fsp3) is 0.304. The van der Waals surface area contributed by atoms with Crippen molar-refractivity contribution in [2.45, 2.75) is 27.2 Å². The van der Waals surface area contributed by atoms with E-state index in [0.717, 1.165) is 29.0 Å². The number of amides is 1. The first-order chi connectivity index (χ1) is 14.0. The van der Waals surface area contributed by atoms with E-state index in [1.165, 1.54) is 17.3 Å². The van der Waals surface area contributed by atoms with Crippen LogP contribution in [0.5, 0.6) is 11.5 Å². The Balaban J connectivity index is 1.57. The molecular weight excluding hydrogens is 402 g/mol. The zero-order valence-corrected chi connectivity index (χ0v) is 18.6. The number of para-hydroxylation sites is 1. The van der Waals surface area contributed by atoms with Gasteiger partial charge in [0.25, 0.3) is 5.91 Å². The summed E-state index contributed by atoms with van der Waals surface area (Å²) in [4.78, 5) is 14.7. The molecule has 2 aromatic rings. The predicted molar refractivity (Wildman–Crippen MR) is 124 cm³/mol. The Bertz CT molecular complexity index is 939. The van der Waals surface area contributed by atoms with Crippen molar-refractivity contribution in [1.82, 2.24) is 4.90 Å². The maximum atomic E-state index is 12.4. The van der Waals surface area contributed by atoms with Crippen molar-refractivity contribution in [3.63, 3.8) is 0 Å². The van der Waals surface area contributed by atoms with Gasteiger partial charge in [-0.2, -0.15) is 0 Å². The molecule has 3 rings (SSSR count). The lowest BCUT2D eigenvalue weighted by molar-refractivity contribution is -0.121. The van der Waals surface area contributed by atoms with Crippen LogP contribution in [0.1, 0.15) is 30.0 Å². The third kappa shape index (κ3) is 5.40. The second-order valence-electron chi connectivity index (χ2n) is 6.78. The predicted octanol–water partition coefficient (Wildman–Crippen LogP) is 5.37. The van der Waals surface area contributed by atoms with Gasteiger partial charge in [-0.05, 0) is 44.5 Å². The summed E-state index contributed by atoms with van der Waals surface area (Å²) < 4.78 is 12.4. The van der Waals surface area contributed by atoms with Gasteiger partial charge in [-0.15, -0.1) is 0 Å². The number of carbonyl (C=O) groups excluding carboxylic acids is 1. The second kappa shape index (κ2) is 9.94. The SMILES string of the molecule is CCN1C(=O)C(=Cc2ccccc2OCCCOc2ccc(C)cc2C)SC1=S. The number of thiocarbonyl (C=S) groups is 1. The molecule has 29 heavy (non-hydrogen) atoms. The van der Waals surface area contributed by atoms with Gasteiger partial charge in [-0.25, -0.2) is 0 Å². The minimum absolute atomic E-state index is 0.0424. The third-order valence-corrected chi connectivity index (χ3v) is 5.91. The molecule has 4 nitrogen and oxygen atoms in total. The molecule has 0 aliphatic carbocycles. The molecule has 2 aromatic carbocycles. The summed E-state index contributed by atoms with van der Waals surface area (Å²) in [6, 6.07) is 13.9. The molecular formula is C23H25NO3S2. The molecule has 152 valence electrons. The average molecular weight is 428 g/mol. The highest BCUT2D eigenvalue weighted by molar-refractivity contribution is 8.26. The monoisotopic (exact) mass is 427 g/mol.